The molecule has 0 amide bonds. The molecule has 0 atom stereocenters. The van der Waals surface area contributed by atoms with Gasteiger partial charge in [0.25, 0.3) is 0 Å². The van der Waals surface area contributed by atoms with E-state index < -0.39 is 0 Å². The number of rotatable bonds is 2. The van der Waals surface area contributed by atoms with Crippen LogP contribution in [0.15, 0.2) is 24.3 Å². The van der Waals surface area contributed by atoms with Crippen LogP contribution in [-0.2, 0) is 5.54 Å². The number of hydrogen-bond donors (Lipinski definition) is 1. The molecule has 1 aromatic heterocycles. The van der Waals surface area contributed by atoms with Crippen molar-refractivity contribution in [2.75, 3.05) is 19.0 Å². The molecule has 1 aromatic carbocycles. The van der Waals surface area contributed by atoms with Gasteiger partial charge in [0.1, 0.15) is 0 Å². The summed E-state index contributed by atoms with van der Waals surface area (Å²) in [6, 6.07) is 8.31. The van der Waals surface area contributed by atoms with E-state index in [0.29, 0.717) is 4.77 Å². The van der Waals surface area contributed by atoms with Crippen LogP contribution in [0, 0.1) is 4.77 Å². The molecule has 0 spiro atoms. The van der Waals surface area contributed by atoms with Crippen LogP contribution < -0.4 is 4.90 Å². The van der Waals surface area contributed by atoms with E-state index in [4.69, 9.17) is 12.2 Å². The number of anilines is 1. The Morgan fingerprint density at radius 3 is 2.21 bits per heavy atom. The molecule has 0 fully saturated rings. The van der Waals surface area contributed by atoms with Gasteiger partial charge in [-0.25, -0.2) is 0 Å². The second-order valence-corrected chi connectivity index (χ2v) is 6.19. The maximum atomic E-state index is 5.32. The van der Waals surface area contributed by atoms with E-state index in [1.807, 2.05) is 18.7 Å². The Bertz CT molecular complexity index is 614. The third kappa shape index (κ3) is 2.71. The molecule has 0 aliphatic heterocycles. The first kappa shape index (κ1) is 13.8. The Morgan fingerprint density at radius 1 is 1.16 bits per heavy atom. The number of nitrogens with one attached hydrogen (secondary N) is 1. The van der Waals surface area contributed by atoms with Crippen LogP contribution in [-0.4, -0.2) is 28.9 Å². The van der Waals surface area contributed by atoms with Crippen LogP contribution in [0.4, 0.5) is 5.69 Å². The van der Waals surface area contributed by atoms with E-state index >= 15 is 0 Å². The van der Waals surface area contributed by atoms with Crippen LogP contribution in [0.3, 0.4) is 0 Å². The van der Waals surface area contributed by atoms with E-state index in [1.54, 1.807) is 0 Å². The molecule has 0 bridgehead atoms. The first-order chi connectivity index (χ1) is 8.80. The second kappa shape index (κ2) is 4.81. The van der Waals surface area contributed by atoms with E-state index in [2.05, 4.69) is 60.1 Å². The predicted octanol–water partition coefficient (Wildman–Crippen LogP) is 3.43. The zero-order chi connectivity index (χ0) is 14.2. The molecule has 19 heavy (non-hydrogen) atoms. The minimum Gasteiger partial charge on any atom is -0.378 e. The largest absolute Gasteiger partial charge is 0.378 e. The molecule has 0 radical (unpaired) electrons. The maximum absolute atomic E-state index is 5.32. The van der Waals surface area contributed by atoms with Gasteiger partial charge in [0.05, 0.1) is 0 Å². The molecule has 1 N–H and O–H groups in total. The van der Waals surface area contributed by atoms with Crippen molar-refractivity contribution in [3.8, 4) is 11.4 Å². The topological polar surface area (TPSA) is 36.9 Å². The molecular weight excluding hydrogens is 256 g/mol. The van der Waals surface area contributed by atoms with Gasteiger partial charge in [-0.05, 0) is 57.3 Å². The van der Waals surface area contributed by atoms with Gasteiger partial charge in [-0.3, -0.25) is 9.67 Å². The SMILES string of the molecule is CN(C)c1ccc(-c2n[nH]c(=S)n2C(C)(C)C)cc1. The highest BCUT2D eigenvalue weighted by Crippen LogP contribution is 2.26. The lowest BCUT2D eigenvalue weighted by Gasteiger charge is -2.22. The van der Waals surface area contributed by atoms with Crippen LogP contribution in [0.1, 0.15) is 20.8 Å². The zero-order valence-electron chi connectivity index (χ0n) is 12.1. The highest BCUT2D eigenvalue weighted by atomic mass is 32.1. The fourth-order valence-corrected chi connectivity index (χ4v) is 2.43. The monoisotopic (exact) mass is 276 g/mol. The molecule has 5 heteroatoms. The quantitative estimate of drug-likeness (QED) is 0.854. The van der Waals surface area contributed by atoms with Crippen molar-refractivity contribution in [2.24, 2.45) is 0 Å². The fraction of sp³-hybridized carbons (Fsp3) is 0.429. The third-order valence-electron chi connectivity index (χ3n) is 2.99. The van der Waals surface area contributed by atoms with Gasteiger partial charge < -0.3 is 4.90 Å². The predicted molar refractivity (Wildman–Crippen MR) is 82.2 cm³/mol. The minimum atomic E-state index is -0.0976. The average molecular weight is 276 g/mol. The highest BCUT2D eigenvalue weighted by Gasteiger charge is 2.20. The Morgan fingerprint density at radius 2 is 1.74 bits per heavy atom. The Balaban J connectivity index is 2.51. The van der Waals surface area contributed by atoms with Gasteiger partial charge in [-0.15, -0.1) is 0 Å². The minimum absolute atomic E-state index is 0.0976. The molecule has 102 valence electrons. The van der Waals surface area contributed by atoms with Gasteiger partial charge >= 0.3 is 0 Å². The summed E-state index contributed by atoms with van der Waals surface area (Å²) in [5.41, 5.74) is 2.13. The van der Waals surface area contributed by atoms with Crippen molar-refractivity contribution in [3.05, 3.63) is 29.0 Å². The van der Waals surface area contributed by atoms with Crippen molar-refractivity contribution in [3.63, 3.8) is 0 Å². The van der Waals surface area contributed by atoms with Crippen LogP contribution in [0.5, 0.6) is 0 Å². The van der Waals surface area contributed by atoms with Crippen molar-refractivity contribution >= 4 is 17.9 Å². The van der Waals surface area contributed by atoms with Crippen LogP contribution in [0.2, 0.25) is 0 Å². The van der Waals surface area contributed by atoms with E-state index in [0.717, 1.165) is 11.4 Å². The molecule has 0 aliphatic rings. The third-order valence-corrected chi connectivity index (χ3v) is 3.26. The summed E-state index contributed by atoms with van der Waals surface area (Å²) < 4.78 is 2.70. The Hall–Kier alpha value is -1.62. The first-order valence-corrected chi connectivity index (χ1v) is 6.67. The molecular formula is C14H20N4S. The lowest BCUT2D eigenvalue weighted by atomic mass is 10.1. The molecule has 0 saturated carbocycles. The molecule has 4 nitrogen and oxygen atoms in total. The normalized spacial score (nSPS) is 11.6. The van der Waals surface area contributed by atoms with Gasteiger partial charge in [0.15, 0.2) is 10.6 Å². The molecule has 2 rings (SSSR count). The summed E-state index contributed by atoms with van der Waals surface area (Å²) in [6.07, 6.45) is 0. The van der Waals surface area contributed by atoms with Crippen molar-refractivity contribution in [2.45, 2.75) is 26.3 Å². The number of nitrogens with zero attached hydrogens (tertiary/aromatic N) is 3. The molecule has 0 unspecified atom stereocenters. The van der Waals surface area contributed by atoms with E-state index in [1.165, 1.54) is 5.69 Å². The standard InChI is InChI=1S/C14H20N4S/c1-14(2,3)18-12(15-16-13(18)19)10-6-8-11(9-7-10)17(4)5/h6-9H,1-5H3,(H,16,19). The molecule has 2 aromatic rings. The smallest absolute Gasteiger partial charge is 0.195 e. The Kier molecular flexibility index (Phi) is 3.49. The second-order valence-electron chi connectivity index (χ2n) is 5.80. The summed E-state index contributed by atoms with van der Waals surface area (Å²) in [5.74, 6) is 0.878. The summed E-state index contributed by atoms with van der Waals surface area (Å²) in [6.45, 7) is 6.36. The molecule has 1 heterocycles. The van der Waals surface area contributed by atoms with E-state index in [-0.39, 0.29) is 5.54 Å². The maximum Gasteiger partial charge on any atom is 0.195 e. The van der Waals surface area contributed by atoms with Gasteiger partial charge in [-0.2, -0.15) is 5.10 Å². The summed E-state index contributed by atoms with van der Waals surface area (Å²) >= 11 is 5.32. The fourth-order valence-electron chi connectivity index (χ4n) is 2.02. The number of benzene rings is 1. The Labute approximate surface area is 119 Å². The highest BCUT2D eigenvalue weighted by molar-refractivity contribution is 7.71. The van der Waals surface area contributed by atoms with Crippen molar-refractivity contribution in [1.29, 1.82) is 0 Å². The van der Waals surface area contributed by atoms with Crippen LogP contribution >= 0.6 is 12.2 Å². The van der Waals surface area contributed by atoms with Gasteiger partial charge in [0.2, 0.25) is 0 Å². The summed E-state index contributed by atoms with van der Waals surface area (Å²) in [7, 11) is 4.06. The van der Waals surface area contributed by atoms with E-state index in [9.17, 15) is 0 Å². The summed E-state index contributed by atoms with van der Waals surface area (Å²) in [5, 5.41) is 7.24. The van der Waals surface area contributed by atoms with Crippen LogP contribution in [0.25, 0.3) is 11.4 Å². The van der Waals surface area contributed by atoms with Gasteiger partial charge in [-0.1, -0.05) is 0 Å². The zero-order valence-corrected chi connectivity index (χ0v) is 12.9. The lowest BCUT2D eigenvalue weighted by molar-refractivity contribution is 0.395. The molecule has 0 saturated heterocycles. The van der Waals surface area contributed by atoms with Gasteiger partial charge in [0, 0.05) is 30.9 Å². The average Bonchev–Trinajstić information content (AvgIpc) is 2.71. The number of aromatic amines is 1. The first-order valence-electron chi connectivity index (χ1n) is 6.26. The van der Waals surface area contributed by atoms with Crippen molar-refractivity contribution < 1.29 is 0 Å². The number of H-pyrrole nitrogens is 1. The summed E-state index contributed by atoms with van der Waals surface area (Å²) in [4.78, 5) is 2.07. The number of hydrogen-bond acceptors (Lipinski definition) is 3. The lowest BCUT2D eigenvalue weighted by Crippen LogP contribution is -2.23. The van der Waals surface area contributed by atoms with Crippen molar-refractivity contribution in [1.82, 2.24) is 14.8 Å². The number of aromatic nitrogens is 3. The molecule has 0 aliphatic carbocycles.